The zero-order valence-electron chi connectivity index (χ0n) is 9.62. The van der Waals surface area contributed by atoms with Gasteiger partial charge in [0.25, 0.3) is 0 Å². The second kappa shape index (κ2) is 5.00. The van der Waals surface area contributed by atoms with E-state index in [2.05, 4.69) is 5.32 Å². The molecule has 0 aliphatic carbocycles. The molecule has 5 heteroatoms. The van der Waals surface area contributed by atoms with Crippen LogP contribution in [0.25, 0.3) is 0 Å². The summed E-state index contributed by atoms with van der Waals surface area (Å²) in [7, 11) is 1.76. The maximum absolute atomic E-state index is 11.5. The van der Waals surface area contributed by atoms with Crippen molar-refractivity contribution < 1.29 is 9.59 Å². The van der Waals surface area contributed by atoms with E-state index in [9.17, 15) is 9.59 Å². The lowest BCUT2D eigenvalue weighted by atomic mass is 10.3. The zero-order chi connectivity index (χ0) is 11.4. The molecule has 1 N–H and O–H groups in total. The van der Waals surface area contributed by atoms with Gasteiger partial charge in [0.05, 0.1) is 0 Å². The lowest BCUT2D eigenvalue weighted by Gasteiger charge is -2.19. The Bertz CT molecular complexity index is 255. The van der Waals surface area contributed by atoms with E-state index in [0.29, 0.717) is 13.1 Å². The van der Waals surface area contributed by atoms with Crippen molar-refractivity contribution in [3.63, 3.8) is 0 Å². The molecule has 86 valence electrons. The van der Waals surface area contributed by atoms with E-state index in [1.54, 1.807) is 23.8 Å². The van der Waals surface area contributed by atoms with Crippen LogP contribution in [0.5, 0.6) is 0 Å². The van der Waals surface area contributed by atoms with Crippen molar-refractivity contribution >= 4 is 11.9 Å². The first-order valence-electron chi connectivity index (χ1n) is 5.31. The standard InChI is InChI=1S/C10H19N3O2/c1-4-12(3)10(15)11-9-5-6-13(7-9)8(2)14/h9H,4-7H2,1-3H3,(H,11,15). The minimum absolute atomic E-state index is 0.0621. The fourth-order valence-electron chi connectivity index (χ4n) is 1.59. The Morgan fingerprint density at radius 1 is 1.53 bits per heavy atom. The lowest BCUT2D eigenvalue weighted by Crippen LogP contribution is -2.44. The molecule has 1 unspecified atom stereocenters. The number of urea groups is 1. The summed E-state index contributed by atoms with van der Waals surface area (Å²) in [5.41, 5.74) is 0. The third-order valence-corrected chi connectivity index (χ3v) is 2.78. The second-order valence-electron chi connectivity index (χ2n) is 3.91. The van der Waals surface area contributed by atoms with Crippen molar-refractivity contribution in [1.29, 1.82) is 0 Å². The molecule has 3 amide bonds. The molecule has 1 saturated heterocycles. The first-order valence-corrected chi connectivity index (χ1v) is 5.31. The summed E-state index contributed by atoms with van der Waals surface area (Å²) in [5.74, 6) is 0.0793. The average molecular weight is 213 g/mol. The van der Waals surface area contributed by atoms with Gasteiger partial charge in [-0.25, -0.2) is 4.79 Å². The van der Waals surface area contributed by atoms with Gasteiger partial charge in [-0.3, -0.25) is 4.79 Å². The van der Waals surface area contributed by atoms with E-state index >= 15 is 0 Å². The summed E-state index contributed by atoms with van der Waals surface area (Å²) < 4.78 is 0. The Morgan fingerprint density at radius 3 is 2.67 bits per heavy atom. The summed E-state index contributed by atoms with van der Waals surface area (Å²) in [6, 6.07) is 0.0447. The third-order valence-electron chi connectivity index (χ3n) is 2.78. The maximum atomic E-state index is 11.5. The summed E-state index contributed by atoms with van der Waals surface area (Å²) >= 11 is 0. The van der Waals surface area contributed by atoms with Crippen molar-refractivity contribution in [2.45, 2.75) is 26.3 Å². The average Bonchev–Trinajstić information content (AvgIpc) is 2.65. The number of hydrogen-bond donors (Lipinski definition) is 1. The maximum Gasteiger partial charge on any atom is 0.317 e. The van der Waals surface area contributed by atoms with Crippen LogP contribution in [0.2, 0.25) is 0 Å². The highest BCUT2D eigenvalue weighted by Gasteiger charge is 2.25. The van der Waals surface area contributed by atoms with Gasteiger partial charge < -0.3 is 15.1 Å². The van der Waals surface area contributed by atoms with Crippen LogP contribution in [0.3, 0.4) is 0 Å². The second-order valence-corrected chi connectivity index (χ2v) is 3.91. The Kier molecular flexibility index (Phi) is 3.94. The molecule has 0 spiro atoms. The Hall–Kier alpha value is -1.26. The van der Waals surface area contributed by atoms with E-state index in [4.69, 9.17) is 0 Å². The highest BCUT2D eigenvalue weighted by molar-refractivity contribution is 5.75. The number of hydrogen-bond acceptors (Lipinski definition) is 2. The minimum Gasteiger partial charge on any atom is -0.341 e. The molecule has 0 aromatic carbocycles. The molecule has 0 aromatic heterocycles. The fourth-order valence-corrected chi connectivity index (χ4v) is 1.59. The lowest BCUT2D eigenvalue weighted by molar-refractivity contribution is -0.127. The van der Waals surface area contributed by atoms with E-state index in [1.165, 1.54) is 0 Å². The van der Waals surface area contributed by atoms with Crippen LogP contribution in [-0.4, -0.2) is 54.5 Å². The molecular weight excluding hydrogens is 194 g/mol. The molecule has 1 aliphatic heterocycles. The monoisotopic (exact) mass is 213 g/mol. The van der Waals surface area contributed by atoms with Gasteiger partial charge in [-0.15, -0.1) is 0 Å². The molecule has 0 bridgehead atoms. The van der Waals surface area contributed by atoms with Gasteiger partial charge in [0.1, 0.15) is 0 Å². The number of rotatable bonds is 2. The first kappa shape index (κ1) is 11.8. The van der Waals surface area contributed by atoms with E-state index in [-0.39, 0.29) is 18.0 Å². The van der Waals surface area contributed by atoms with Gasteiger partial charge in [-0.2, -0.15) is 0 Å². The number of nitrogens with one attached hydrogen (secondary N) is 1. The highest BCUT2D eigenvalue weighted by atomic mass is 16.2. The summed E-state index contributed by atoms with van der Waals surface area (Å²) in [6.45, 7) is 5.56. The summed E-state index contributed by atoms with van der Waals surface area (Å²) in [5, 5.41) is 2.91. The van der Waals surface area contributed by atoms with Crippen LogP contribution < -0.4 is 5.32 Å². The highest BCUT2D eigenvalue weighted by Crippen LogP contribution is 2.09. The SMILES string of the molecule is CCN(C)C(=O)NC1CCN(C(C)=O)C1. The molecule has 1 fully saturated rings. The van der Waals surface area contributed by atoms with Crippen molar-refractivity contribution in [1.82, 2.24) is 15.1 Å². The van der Waals surface area contributed by atoms with Crippen LogP contribution >= 0.6 is 0 Å². The molecule has 5 nitrogen and oxygen atoms in total. The van der Waals surface area contributed by atoms with Gasteiger partial charge in [0.2, 0.25) is 5.91 Å². The van der Waals surface area contributed by atoms with E-state index in [1.807, 2.05) is 6.92 Å². The minimum atomic E-state index is -0.0621. The number of carbonyl (C=O) groups is 2. The zero-order valence-corrected chi connectivity index (χ0v) is 9.62. The first-order chi connectivity index (χ1) is 7.04. The molecule has 1 rings (SSSR count). The van der Waals surface area contributed by atoms with Gasteiger partial charge in [0, 0.05) is 39.6 Å². The molecule has 1 heterocycles. The normalized spacial score (nSPS) is 20.2. The molecule has 15 heavy (non-hydrogen) atoms. The van der Waals surface area contributed by atoms with E-state index in [0.717, 1.165) is 13.0 Å². The molecule has 0 aromatic rings. The van der Waals surface area contributed by atoms with Crippen LogP contribution in [0.15, 0.2) is 0 Å². The third kappa shape index (κ3) is 3.11. The molecular formula is C10H19N3O2. The molecule has 0 radical (unpaired) electrons. The van der Waals surface area contributed by atoms with Crippen molar-refractivity contribution in [3.05, 3.63) is 0 Å². The fraction of sp³-hybridized carbons (Fsp3) is 0.800. The quantitative estimate of drug-likeness (QED) is 0.715. The summed E-state index contributed by atoms with van der Waals surface area (Å²) in [6.07, 6.45) is 0.850. The van der Waals surface area contributed by atoms with Gasteiger partial charge in [-0.05, 0) is 13.3 Å². The van der Waals surface area contributed by atoms with E-state index < -0.39 is 0 Å². The Morgan fingerprint density at radius 2 is 2.20 bits per heavy atom. The van der Waals surface area contributed by atoms with Crippen LogP contribution in [0, 0.1) is 0 Å². The topological polar surface area (TPSA) is 52.7 Å². The van der Waals surface area contributed by atoms with Crippen molar-refractivity contribution in [2.24, 2.45) is 0 Å². The Labute approximate surface area is 90.4 Å². The predicted molar refractivity (Wildman–Crippen MR) is 57.5 cm³/mol. The van der Waals surface area contributed by atoms with Crippen molar-refractivity contribution in [2.75, 3.05) is 26.7 Å². The number of carbonyl (C=O) groups excluding carboxylic acids is 2. The number of nitrogens with zero attached hydrogens (tertiary/aromatic N) is 2. The molecule has 1 atom stereocenters. The van der Waals surface area contributed by atoms with Gasteiger partial charge in [0.15, 0.2) is 0 Å². The number of likely N-dealkylation sites (tertiary alicyclic amines) is 1. The van der Waals surface area contributed by atoms with Crippen LogP contribution in [0.4, 0.5) is 4.79 Å². The Balaban J connectivity index is 2.36. The summed E-state index contributed by atoms with van der Waals surface area (Å²) in [4.78, 5) is 26.0. The molecule has 0 saturated carbocycles. The largest absolute Gasteiger partial charge is 0.341 e. The molecule has 1 aliphatic rings. The number of amides is 3. The van der Waals surface area contributed by atoms with Gasteiger partial charge in [-0.1, -0.05) is 0 Å². The predicted octanol–water partition coefficient (Wildman–Crippen LogP) is 0.268. The van der Waals surface area contributed by atoms with Crippen LogP contribution in [0.1, 0.15) is 20.3 Å². The smallest absolute Gasteiger partial charge is 0.317 e. The van der Waals surface area contributed by atoms with Gasteiger partial charge >= 0.3 is 6.03 Å². The van der Waals surface area contributed by atoms with Crippen LogP contribution in [-0.2, 0) is 4.79 Å². The van der Waals surface area contributed by atoms with Crippen molar-refractivity contribution in [3.8, 4) is 0 Å².